The van der Waals surface area contributed by atoms with E-state index in [0.29, 0.717) is 18.8 Å². The number of piperazine rings is 1. The summed E-state index contributed by atoms with van der Waals surface area (Å²) in [6.07, 6.45) is 0. The van der Waals surface area contributed by atoms with Gasteiger partial charge in [-0.05, 0) is 31.7 Å². The van der Waals surface area contributed by atoms with Gasteiger partial charge in [0.15, 0.2) is 4.34 Å². The van der Waals surface area contributed by atoms with E-state index in [1.807, 2.05) is 43.0 Å². The van der Waals surface area contributed by atoms with Gasteiger partial charge in [0.25, 0.3) is 5.91 Å². The summed E-state index contributed by atoms with van der Waals surface area (Å²) in [6, 6.07) is 7.96. The first kappa shape index (κ1) is 22.9. The van der Waals surface area contributed by atoms with Crippen LogP contribution >= 0.6 is 34.9 Å². The second kappa shape index (κ2) is 11.0. The van der Waals surface area contributed by atoms with Crippen molar-refractivity contribution in [3.63, 3.8) is 0 Å². The summed E-state index contributed by atoms with van der Waals surface area (Å²) in [5.74, 6) is 1.37. The maximum absolute atomic E-state index is 13.0. The number of amides is 2. The van der Waals surface area contributed by atoms with E-state index >= 15 is 0 Å². The van der Waals surface area contributed by atoms with Gasteiger partial charge in [-0.3, -0.25) is 9.59 Å². The molecule has 1 aliphatic rings. The standard InChI is InChI=1S/C20H27N5O2S3/c1-4-28-16-8-6-5-7-15(16)18(27)24-9-11-25(12-10-24)19-22-23-20(30-19)29-13-17(26)21-14(2)3/h5-8,14H,4,9-13H2,1-3H3,(H,21,26). The number of anilines is 1. The third kappa shape index (κ3) is 6.12. The van der Waals surface area contributed by atoms with Crippen molar-refractivity contribution in [2.45, 2.75) is 36.0 Å². The minimum atomic E-state index is 0.000365. The molecule has 3 rings (SSSR count). The molecule has 0 aliphatic carbocycles. The normalized spacial score (nSPS) is 14.3. The van der Waals surface area contributed by atoms with E-state index in [2.05, 4.69) is 27.3 Å². The van der Waals surface area contributed by atoms with Crippen molar-refractivity contribution >= 4 is 51.8 Å². The Bertz CT molecular complexity index is 866. The Balaban J connectivity index is 1.53. The zero-order chi connectivity index (χ0) is 21.5. The summed E-state index contributed by atoms with van der Waals surface area (Å²) in [6.45, 7) is 8.74. The van der Waals surface area contributed by atoms with Gasteiger partial charge in [-0.25, -0.2) is 0 Å². The van der Waals surface area contributed by atoms with Gasteiger partial charge >= 0.3 is 0 Å². The van der Waals surface area contributed by atoms with Crippen molar-refractivity contribution in [3.8, 4) is 0 Å². The average Bonchev–Trinajstić information content (AvgIpc) is 3.21. The second-order valence-corrected chi connectivity index (χ2v) is 10.6. The minimum absolute atomic E-state index is 0.000365. The Morgan fingerprint density at radius 1 is 1.13 bits per heavy atom. The van der Waals surface area contributed by atoms with Crippen LogP contribution in [-0.2, 0) is 4.79 Å². The zero-order valence-corrected chi connectivity index (χ0v) is 19.9. The first-order chi connectivity index (χ1) is 14.5. The molecule has 2 amide bonds. The first-order valence-electron chi connectivity index (χ1n) is 9.99. The highest BCUT2D eigenvalue weighted by Crippen LogP contribution is 2.29. The Hall–Kier alpha value is -1.78. The summed E-state index contributed by atoms with van der Waals surface area (Å²) in [5, 5.41) is 12.2. The molecule has 1 fully saturated rings. The van der Waals surface area contributed by atoms with Crippen molar-refractivity contribution in [3.05, 3.63) is 29.8 Å². The largest absolute Gasteiger partial charge is 0.353 e. The van der Waals surface area contributed by atoms with Crippen LogP contribution in [0.25, 0.3) is 0 Å². The van der Waals surface area contributed by atoms with Gasteiger partial charge < -0.3 is 15.1 Å². The molecule has 0 spiro atoms. The third-order valence-corrected chi connectivity index (χ3v) is 7.50. The molecule has 2 aromatic rings. The van der Waals surface area contributed by atoms with E-state index in [-0.39, 0.29) is 17.9 Å². The predicted molar refractivity (Wildman–Crippen MR) is 125 cm³/mol. The molecule has 7 nitrogen and oxygen atoms in total. The highest BCUT2D eigenvalue weighted by Gasteiger charge is 2.25. The van der Waals surface area contributed by atoms with E-state index in [4.69, 9.17) is 0 Å². The molecule has 1 aliphatic heterocycles. The van der Waals surface area contributed by atoms with Gasteiger partial charge in [0, 0.05) is 37.1 Å². The van der Waals surface area contributed by atoms with E-state index in [1.165, 1.54) is 23.1 Å². The maximum atomic E-state index is 13.0. The van der Waals surface area contributed by atoms with Crippen molar-refractivity contribution in [2.75, 3.05) is 42.6 Å². The monoisotopic (exact) mass is 465 g/mol. The topological polar surface area (TPSA) is 78.4 Å². The number of aromatic nitrogens is 2. The van der Waals surface area contributed by atoms with Crippen LogP contribution in [0.4, 0.5) is 5.13 Å². The number of hydrogen-bond acceptors (Lipinski definition) is 8. The lowest BCUT2D eigenvalue weighted by Crippen LogP contribution is -2.48. The fraction of sp³-hybridized carbons (Fsp3) is 0.500. The van der Waals surface area contributed by atoms with Crippen LogP contribution in [-0.4, -0.2) is 70.6 Å². The number of carbonyl (C=O) groups excluding carboxylic acids is 2. The molecule has 1 aromatic carbocycles. The number of thioether (sulfide) groups is 2. The number of hydrogen-bond donors (Lipinski definition) is 1. The first-order valence-corrected chi connectivity index (χ1v) is 12.8. The predicted octanol–water partition coefficient (Wildman–Crippen LogP) is 3.23. The SMILES string of the molecule is CCSc1ccccc1C(=O)N1CCN(c2nnc(SCC(=O)NC(C)C)s2)CC1. The molecule has 0 unspecified atom stereocenters. The minimum Gasteiger partial charge on any atom is -0.353 e. The molecule has 0 saturated carbocycles. The lowest BCUT2D eigenvalue weighted by atomic mass is 10.2. The van der Waals surface area contributed by atoms with Crippen LogP contribution in [0.3, 0.4) is 0 Å². The smallest absolute Gasteiger partial charge is 0.255 e. The van der Waals surface area contributed by atoms with Crippen LogP contribution in [0.1, 0.15) is 31.1 Å². The quantitative estimate of drug-likeness (QED) is 0.600. The summed E-state index contributed by atoms with van der Waals surface area (Å²) < 4.78 is 0.785. The summed E-state index contributed by atoms with van der Waals surface area (Å²) in [5.41, 5.74) is 0.784. The number of rotatable bonds is 8. The van der Waals surface area contributed by atoms with Gasteiger partial charge in [-0.15, -0.1) is 22.0 Å². The third-order valence-electron chi connectivity index (χ3n) is 4.43. The van der Waals surface area contributed by atoms with E-state index in [1.54, 1.807) is 11.8 Å². The summed E-state index contributed by atoms with van der Waals surface area (Å²) in [7, 11) is 0. The molecule has 30 heavy (non-hydrogen) atoms. The molecular weight excluding hydrogens is 438 g/mol. The van der Waals surface area contributed by atoms with Gasteiger partial charge in [0.2, 0.25) is 11.0 Å². The van der Waals surface area contributed by atoms with Crippen LogP contribution in [0.2, 0.25) is 0 Å². The Morgan fingerprint density at radius 2 is 1.87 bits per heavy atom. The summed E-state index contributed by atoms with van der Waals surface area (Å²) in [4.78, 5) is 29.9. The number of nitrogens with one attached hydrogen (secondary N) is 1. The van der Waals surface area contributed by atoms with Gasteiger partial charge in [0.05, 0.1) is 11.3 Å². The highest BCUT2D eigenvalue weighted by atomic mass is 32.2. The van der Waals surface area contributed by atoms with Crippen LogP contribution in [0.15, 0.2) is 33.5 Å². The van der Waals surface area contributed by atoms with Gasteiger partial charge in [-0.1, -0.05) is 42.2 Å². The van der Waals surface area contributed by atoms with Crippen molar-refractivity contribution in [1.82, 2.24) is 20.4 Å². The Kier molecular flexibility index (Phi) is 8.41. The van der Waals surface area contributed by atoms with Crippen molar-refractivity contribution in [2.24, 2.45) is 0 Å². The molecule has 1 aromatic heterocycles. The number of nitrogens with zero attached hydrogens (tertiary/aromatic N) is 4. The number of benzene rings is 1. The highest BCUT2D eigenvalue weighted by molar-refractivity contribution is 8.01. The zero-order valence-electron chi connectivity index (χ0n) is 17.5. The fourth-order valence-electron chi connectivity index (χ4n) is 3.08. The van der Waals surface area contributed by atoms with Crippen molar-refractivity contribution < 1.29 is 9.59 Å². The van der Waals surface area contributed by atoms with E-state index in [0.717, 1.165) is 38.8 Å². The maximum Gasteiger partial charge on any atom is 0.255 e. The lowest BCUT2D eigenvalue weighted by Gasteiger charge is -2.34. The summed E-state index contributed by atoms with van der Waals surface area (Å²) >= 11 is 4.60. The molecule has 2 heterocycles. The molecular formula is C20H27N5O2S3. The van der Waals surface area contributed by atoms with Crippen molar-refractivity contribution in [1.29, 1.82) is 0 Å². The van der Waals surface area contributed by atoms with Gasteiger partial charge in [-0.2, -0.15) is 0 Å². The Labute approximate surface area is 190 Å². The molecule has 0 radical (unpaired) electrons. The van der Waals surface area contributed by atoms with E-state index < -0.39 is 0 Å². The second-order valence-electron chi connectivity index (χ2n) is 7.07. The molecule has 0 bridgehead atoms. The molecule has 0 atom stereocenters. The van der Waals surface area contributed by atoms with Crippen LogP contribution < -0.4 is 10.2 Å². The fourth-order valence-corrected chi connectivity index (χ4v) is 5.58. The Morgan fingerprint density at radius 3 is 2.57 bits per heavy atom. The molecule has 162 valence electrons. The molecule has 10 heteroatoms. The average molecular weight is 466 g/mol. The molecule has 1 saturated heterocycles. The van der Waals surface area contributed by atoms with E-state index in [9.17, 15) is 9.59 Å². The number of carbonyl (C=O) groups is 2. The molecule has 1 N–H and O–H groups in total. The van der Waals surface area contributed by atoms with Gasteiger partial charge in [0.1, 0.15) is 0 Å². The van der Waals surface area contributed by atoms with Crippen LogP contribution in [0, 0.1) is 0 Å². The van der Waals surface area contributed by atoms with Crippen LogP contribution in [0.5, 0.6) is 0 Å². The lowest BCUT2D eigenvalue weighted by molar-refractivity contribution is -0.119.